The number of ether oxygens (including phenoxy) is 2. The fraction of sp³-hybridized carbons (Fsp3) is 0.629. The van der Waals surface area contributed by atoms with Gasteiger partial charge in [0.1, 0.15) is 17.7 Å². The Labute approximate surface area is 276 Å². The molecular weight excluding hydrogens is 603 g/mol. The number of carbonyl (C=O) groups excluding carboxylic acids is 3. The number of aromatic nitrogens is 3. The molecule has 3 aliphatic heterocycles. The van der Waals surface area contributed by atoms with Crippen molar-refractivity contribution in [3.63, 3.8) is 0 Å². The number of nitrogens with one attached hydrogen (secondary N) is 1. The maximum absolute atomic E-state index is 15.3. The molecule has 1 aromatic carbocycles. The average molecular weight is 653 g/mol. The Morgan fingerprint density at radius 3 is 2.43 bits per heavy atom. The third kappa shape index (κ3) is 8.57. The number of piperidine rings is 1. The maximum Gasteiger partial charge on any atom is 0.410 e. The Kier molecular flexibility index (Phi) is 11.3. The van der Waals surface area contributed by atoms with Gasteiger partial charge in [0.2, 0.25) is 5.91 Å². The second kappa shape index (κ2) is 15.4. The van der Waals surface area contributed by atoms with Gasteiger partial charge in [-0.25, -0.2) is 13.9 Å². The number of piperazine rings is 1. The lowest BCUT2D eigenvalue weighted by Gasteiger charge is -2.31. The van der Waals surface area contributed by atoms with Gasteiger partial charge in [0, 0.05) is 58.5 Å². The Morgan fingerprint density at radius 2 is 1.72 bits per heavy atom. The van der Waals surface area contributed by atoms with Crippen LogP contribution < -0.4 is 5.32 Å². The molecule has 3 aliphatic rings. The minimum Gasteiger partial charge on any atom is -0.457 e. The van der Waals surface area contributed by atoms with Gasteiger partial charge < -0.3 is 24.6 Å². The molecule has 1 aromatic heterocycles. The van der Waals surface area contributed by atoms with Crippen LogP contribution in [0, 0.1) is 23.6 Å². The fourth-order valence-electron chi connectivity index (χ4n) is 6.82. The van der Waals surface area contributed by atoms with Crippen molar-refractivity contribution in [1.82, 2.24) is 30.1 Å². The standard InChI is InChI=1S/C35H49FN6O5/c1-22-6-7-23(2)31(46-35(45)41-16-12-37-13-17-41)9-8-24(3)34(47-32(44)18-22)25(4)19-27-20-29(36)33-30(21-27)42(39-38-33)28-10-14-40(15-11-28)26(5)43/h8-9,19-24,28,31,34,37H,6-7,10-18H2,1-5H3/b9-8+,25-19+/t22-,23+,24+,31+,34+/m1/s1. The molecule has 256 valence electrons. The van der Waals surface area contributed by atoms with E-state index in [1.807, 2.05) is 50.0 Å². The summed E-state index contributed by atoms with van der Waals surface area (Å²) in [4.78, 5) is 41.5. The number of halogens is 1. The van der Waals surface area contributed by atoms with Crippen LogP contribution in [0.25, 0.3) is 17.1 Å². The average Bonchev–Trinajstić information content (AvgIpc) is 3.48. The number of hydrogen-bond donors (Lipinski definition) is 1. The molecule has 2 saturated heterocycles. The van der Waals surface area contributed by atoms with Crippen LogP contribution in [0.2, 0.25) is 0 Å². The second-order valence-corrected chi connectivity index (χ2v) is 13.6. The molecule has 2 fully saturated rings. The lowest BCUT2D eigenvalue weighted by molar-refractivity contribution is -0.149. The number of amides is 2. The number of benzene rings is 1. The van der Waals surface area contributed by atoms with Gasteiger partial charge in [-0.3, -0.25) is 9.59 Å². The Morgan fingerprint density at radius 1 is 1.00 bits per heavy atom. The van der Waals surface area contributed by atoms with E-state index in [0.29, 0.717) is 50.1 Å². The van der Waals surface area contributed by atoms with Crippen LogP contribution in [-0.4, -0.2) is 94.2 Å². The highest BCUT2D eigenvalue weighted by Crippen LogP contribution is 2.30. The van der Waals surface area contributed by atoms with Gasteiger partial charge in [0.25, 0.3) is 0 Å². The van der Waals surface area contributed by atoms with Crippen LogP contribution in [0.5, 0.6) is 0 Å². The van der Waals surface area contributed by atoms with E-state index >= 15 is 4.39 Å². The maximum atomic E-state index is 15.3. The molecule has 0 bridgehead atoms. The van der Waals surface area contributed by atoms with Crippen molar-refractivity contribution in [1.29, 1.82) is 0 Å². The first-order valence-corrected chi connectivity index (χ1v) is 17.0. The smallest absolute Gasteiger partial charge is 0.410 e. The van der Waals surface area contributed by atoms with Crippen molar-refractivity contribution in [2.24, 2.45) is 17.8 Å². The first-order chi connectivity index (χ1) is 22.5. The Balaban J connectivity index is 1.40. The third-order valence-corrected chi connectivity index (χ3v) is 9.80. The minimum absolute atomic E-state index is 0.00533. The molecule has 0 aliphatic carbocycles. The van der Waals surface area contributed by atoms with E-state index in [1.165, 1.54) is 6.07 Å². The van der Waals surface area contributed by atoms with Gasteiger partial charge in [0.05, 0.1) is 11.6 Å². The number of cyclic esters (lactones) is 1. The summed E-state index contributed by atoms with van der Waals surface area (Å²) < 4.78 is 29.3. The second-order valence-electron chi connectivity index (χ2n) is 13.6. The highest BCUT2D eigenvalue weighted by molar-refractivity contribution is 5.79. The van der Waals surface area contributed by atoms with E-state index in [1.54, 1.807) is 16.5 Å². The summed E-state index contributed by atoms with van der Waals surface area (Å²) in [6.45, 7) is 13.5. The van der Waals surface area contributed by atoms with Gasteiger partial charge in [-0.15, -0.1) is 5.10 Å². The SMILES string of the molecule is CC(=O)N1CCC(n2nnc3c(F)cc(/C=C(\C)[C@H]4OC(=O)C[C@H](C)CC[C@H](C)[C@@H](OC(=O)N5CCNCC5)/C=C/[C@@H]4C)cc32)CC1. The number of nitrogens with zero attached hydrogens (tertiary/aromatic N) is 5. The Bertz CT molecular complexity index is 1490. The quantitative estimate of drug-likeness (QED) is 0.357. The molecule has 5 atom stereocenters. The van der Waals surface area contributed by atoms with Gasteiger partial charge >= 0.3 is 12.1 Å². The fourth-order valence-corrected chi connectivity index (χ4v) is 6.82. The number of fused-ring (bicyclic) bond motifs is 1. The molecule has 5 rings (SSSR count). The molecule has 0 radical (unpaired) electrons. The molecular formula is C35H49FN6O5. The summed E-state index contributed by atoms with van der Waals surface area (Å²) in [7, 11) is 0. The van der Waals surface area contributed by atoms with E-state index in [0.717, 1.165) is 31.5 Å². The third-order valence-electron chi connectivity index (χ3n) is 9.80. The largest absolute Gasteiger partial charge is 0.457 e. The zero-order chi connectivity index (χ0) is 33.7. The van der Waals surface area contributed by atoms with E-state index in [4.69, 9.17) is 9.47 Å². The van der Waals surface area contributed by atoms with Crippen LogP contribution in [0.4, 0.5) is 9.18 Å². The van der Waals surface area contributed by atoms with Crippen LogP contribution in [-0.2, 0) is 19.1 Å². The van der Waals surface area contributed by atoms with Crippen LogP contribution in [0.3, 0.4) is 0 Å². The predicted molar refractivity (Wildman–Crippen MR) is 177 cm³/mol. The van der Waals surface area contributed by atoms with Crippen molar-refractivity contribution in [3.8, 4) is 0 Å². The topological polar surface area (TPSA) is 119 Å². The van der Waals surface area contributed by atoms with Crippen LogP contribution in [0.15, 0.2) is 29.9 Å². The van der Waals surface area contributed by atoms with Crippen LogP contribution >= 0.6 is 0 Å². The van der Waals surface area contributed by atoms with Gasteiger partial charge in [-0.1, -0.05) is 38.1 Å². The molecule has 12 heteroatoms. The van der Waals surface area contributed by atoms with Gasteiger partial charge in [-0.2, -0.15) is 0 Å². The predicted octanol–water partition coefficient (Wildman–Crippen LogP) is 5.13. The van der Waals surface area contributed by atoms with Crippen molar-refractivity contribution in [2.45, 2.75) is 85.0 Å². The molecule has 47 heavy (non-hydrogen) atoms. The molecule has 11 nitrogen and oxygen atoms in total. The summed E-state index contributed by atoms with van der Waals surface area (Å²) in [5, 5.41) is 11.7. The van der Waals surface area contributed by atoms with Crippen molar-refractivity contribution < 1.29 is 28.2 Å². The molecule has 4 heterocycles. The van der Waals surface area contributed by atoms with Gasteiger partial charge in [-0.05, 0) is 73.8 Å². The number of carbonyl (C=O) groups is 3. The normalized spacial score (nSPS) is 27.9. The van der Waals surface area contributed by atoms with E-state index < -0.39 is 18.0 Å². The van der Waals surface area contributed by atoms with Crippen molar-refractivity contribution in [2.75, 3.05) is 39.3 Å². The monoisotopic (exact) mass is 652 g/mol. The summed E-state index contributed by atoms with van der Waals surface area (Å²) in [5.41, 5.74) is 2.16. The molecule has 2 amide bonds. The Hall–Kier alpha value is -3.80. The number of rotatable bonds is 4. The zero-order valence-corrected chi connectivity index (χ0v) is 28.3. The molecule has 0 saturated carbocycles. The molecule has 2 aromatic rings. The number of hydrogen-bond acceptors (Lipinski definition) is 8. The summed E-state index contributed by atoms with van der Waals surface area (Å²) >= 11 is 0. The summed E-state index contributed by atoms with van der Waals surface area (Å²) in [5.74, 6) is -0.774. The van der Waals surface area contributed by atoms with Crippen molar-refractivity contribution in [3.05, 3.63) is 41.2 Å². The van der Waals surface area contributed by atoms with Crippen molar-refractivity contribution >= 4 is 35.1 Å². The van der Waals surface area contributed by atoms with E-state index in [-0.39, 0.29) is 53.7 Å². The highest BCUT2D eigenvalue weighted by atomic mass is 19.1. The van der Waals surface area contributed by atoms with E-state index in [2.05, 4.69) is 22.6 Å². The zero-order valence-electron chi connectivity index (χ0n) is 28.3. The van der Waals surface area contributed by atoms with Crippen LogP contribution in [0.1, 0.15) is 78.3 Å². The highest BCUT2D eigenvalue weighted by Gasteiger charge is 2.29. The first-order valence-electron chi connectivity index (χ1n) is 17.0. The summed E-state index contributed by atoms with van der Waals surface area (Å²) in [6, 6.07) is 3.30. The molecule has 0 spiro atoms. The number of likely N-dealkylation sites (tertiary alicyclic amines) is 1. The summed E-state index contributed by atoms with van der Waals surface area (Å²) in [6.07, 6.45) is 7.72. The lowest BCUT2D eigenvalue weighted by atomic mass is 9.89. The molecule has 1 N–H and O–H groups in total. The van der Waals surface area contributed by atoms with E-state index in [9.17, 15) is 14.4 Å². The van der Waals surface area contributed by atoms with Gasteiger partial charge in [0.15, 0.2) is 5.82 Å². The number of esters is 1. The lowest BCUT2D eigenvalue weighted by Crippen LogP contribution is -2.47. The minimum atomic E-state index is -0.608. The molecule has 0 unspecified atom stereocenters. The first kappa shape index (κ1) is 34.5.